The van der Waals surface area contributed by atoms with Crippen molar-refractivity contribution in [3.05, 3.63) is 72.6 Å². The minimum absolute atomic E-state index is 0.0587. The SMILES string of the molecule is Cc1ccc(S(=O)(=O)n2c(-c3cccc(S(=O)(=O)NCCO)c3)cc3c4c(cnc32)cnn4C)cc1. The zero-order valence-electron chi connectivity index (χ0n) is 19.5. The molecular formula is C24H23N5O5S2. The average molecular weight is 526 g/mol. The fourth-order valence-corrected chi connectivity index (χ4v) is 6.68. The average Bonchev–Trinajstić information content (AvgIpc) is 3.44. The van der Waals surface area contributed by atoms with Gasteiger partial charge in [0.05, 0.1) is 33.8 Å². The minimum atomic E-state index is -4.12. The third-order valence-corrected chi connectivity index (χ3v) is 9.06. The third kappa shape index (κ3) is 3.97. The summed E-state index contributed by atoms with van der Waals surface area (Å²) < 4.78 is 58.4. The second kappa shape index (κ2) is 8.82. The van der Waals surface area contributed by atoms with Gasteiger partial charge in [-0.2, -0.15) is 5.10 Å². The monoisotopic (exact) mass is 525 g/mol. The minimum Gasteiger partial charge on any atom is -0.395 e. The van der Waals surface area contributed by atoms with Crippen LogP contribution in [0.3, 0.4) is 0 Å². The third-order valence-electron chi connectivity index (χ3n) is 5.88. The molecule has 0 spiro atoms. The van der Waals surface area contributed by atoms with Crippen LogP contribution in [0.4, 0.5) is 0 Å². The molecule has 0 amide bonds. The van der Waals surface area contributed by atoms with Crippen LogP contribution >= 0.6 is 0 Å². The molecule has 0 radical (unpaired) electrons. The summed E-state index contributed by atoms with van der Waals surface area (Å²) in [5.41, 5.74) is 2.44. The lowest BCUT2D eigenvalue weighted by Gasteiger charge is -2.13. The van der Waals surface area contributed by atoms with Crippen LogP contribution in [0.1, 0.15) is 5.56 Å². The molecule has 0 unspecified atom stereocenters. The predicted molar refractivity (Wildman–Crippen MR) is 135 cm³/mol. The van der Waals surface area contributed by atoms with Gasteiger partial charge >= 0.3 is 0 Å². The number of aliphatic hydroxyl groups excluding tert-OH is 1. The first-order valence-electron chi connectivity index (χ1n) is 11.0. The van der Waals surface area contributed by atoms with E-state index in [0.29, 0.717) is 16.5 Å². The van der Waals surface area contributed by atoms with Crippen molar-refractivity contribution >= 4 is 42.0 Å². The van der Waals surface area contributed by atoms with E-state index in [1.807, 2.05) is 6.92 Å². The van der Waals surface area contributed by atoms with E-state index < -0.39 is 20.0 Å². The van der Waals surface area contributed by atoms with Crippen molar-refractivity contribution in [1.82, 2.24) is 23.5 Å². The Bertz CT molecular complexity index is 1820. The van der Waals surface area contributed by atoms with Gasteiger partial charge in [0, 0.05) is 36.1 Å². The number of pyridine rings is 1. The normalized spacial score (nSPS) is 12.5. The first kappa shape index (κ1) is 24.1. The molecule has 0 atom stereocenters. The maximum absolute atomic E-state index is 13.9. The summed E-state index contributed by atoms with van der Waals surface area (Å²) in [6.45, 7) is 1.37. The van der Waals surface area contributed by atoms with Gasteiger partial charge in [-0.25, -0.2) is 30.5 Å². The zero-order chi connectivity index (χ0) is 25.7. The largest absolute Gasteiger partial charge is 0.395 e. The molecule has 186 valence electrons. The summed E-state index contributed by atoms with van der Waals surface area (Å²) in [5, 5.41) is 14.6. The summed E-state index contributed by atoms with van der Waals surface area (Å²) in [6, 6.07) is 14.2. The molecule has 2 N–H and O–H groups in total. The van der Waals surface area contributed by atoms with E-state index in [1.165, 1.54) is 30.3 Å². The van der Waals surface area contributed by atoms with Crippen molar-refractivity contribution in [3.63, 3.8) is 0 Å². The number of aliphatic hydroxyl groups is 1. The smallest absolute Gasteiger partial charge is 0.269 e. The molecule has 12 heteroatoms. The second-order valence-electron chi connectivity index (χ2n) is 8.33. The molecule has 3 aromatic heterocycles. The topological polar surface area (TPSA) is 136 Å². The molecule has 0 aliphatic heterocycles. The van der Waals surface area contributed by atoms with Gasteiger partial charge in [-0.3, -0.25) is 4.68 Å². The van der Waals surface area contributed by atoms with Gasteiger partial charge in [0.2, 0.25) is 10.0 Å². The van der Waals surface area contributed by atoms with E-state index in [0.717, 1.165) is 14.9 Å². The first-order chi connectivity index (χ1) is 17.1. The second-order valence-corrected chi connectivity index (χ2v) is 11.9. The number of aromatic nitrogens is 4. The summed E-state index contributed by atoms with van der Waals surface area (Å²) in [5.74, 6) is 0. The van der Waals surface area contributed by atoms with Crippen molar-refractivity contribution in [2.75, 3.05) is 13.2 Å². The molecular weight excluding hydrogens is 502 g/mol. The lowest BCUT2D eigenvalue weighted by molar-refractivity contribution is 0.301. The Balaban J connectivity index is 1.82. The van der Waals surface area contributed by atoms with Crippen molar-refractivity contribution in [2.45, 2.75) is 16.7 Å². The Morgan fingerprint density at radius 2 is 1.72 bits per heavy atom. The summed E-state index contributed by atoms with van der Waals surface area (Å²) in [6.07, 6.45) is 3.21. The van der Waals surface area contributed by atoms with Gasteiger partial charge in [0.15, 0.2) is 5.65 Å². The van der Waals surface area contributed by atoms with Crippen molar-refractivity contribution in [3.8, 4) is 11.3 Å². The maximum Gasteiger partial charge on any atom is 0.269 e. The number of hydrogen-bond donors (Lipinski definition) is 2. The van der Waals surface area contributed by atoms with E-state index in [1.54, 1.807) is 48.4 Å². The number of nitrogens with one attached hydrogen (secondary N) is 1. The molecule has 0 aliphatic rings. The fourth-order valence-electron chi connectivity index (χ4n) is 4.13. The number of fused-ring (bicyclic) bond motifs is 3. The molecule has 0 bridgehead atoms. The highest BCUT2D eigenvalue weighted by molar-refractivity contribution is 7.90. The molecule has 0 saturated carbocycles. The Hall–Kier alpha value is -3.58. The molecule has 3 heterocycles. The van der Waals surface area contributed by atoms with Crippen LogP contribution in [0, 0.1) is 6.92 Å². The van der Waals surface area contributed by atoms with Crippen molar-refractivity contribution < 1.29 is 21.9 Å². The van der Waals surface area contributed by atoms with Crippen molar-refractivity contribution in [1.29, 1.82) is 0 Å². The van der Waals surface area contributed by atoms with Crippen LogP contribution in [-0.2, 0) is 27.1 Å². The number of benzene rings is 2. The van der Waals surface area contributed by atoms with Crippen molar-refractivity contribution in [2.24, 2.45) is 7.05 Å². The summed E-state index contributed by atoms with van der Waals surface area (Å²) in [7, 11) is -6.28. The zero-order valence-corrected chi connectivity index (χ0v) is 21.1. The van der Waals surface area contributed by atoms with Crippen LogP contribution in [0.15, 0.2) is 76.8 Å². The number of sulfonamides is 1. The Morgan fingerprint density at radius 1 is 0.972 bits per heavy atom. The maximum atomic E-state index is 13.9. The van der Waals surface area contributed by atoms with Crippen LogP contribution in [0.2, 0.25) is 0 Å². The highest BCUT2D eigenvalue weighted by atomic mass is 32.2. The number of nitrogens with zero attached hydrogens (tertiary/aromatic N) is 4. The lowest BCUT2D eigenvalue weighted by Crippen LogP contribution is -2.26. The van der Waals surface area contributed by atoms with Gasteiger partial charge < -0.3 is 5.11 Å². The summed E-state index contributed by atoms with van der Waals surface area (Å²) >= 11 is 0. The van der Waals surface area contributed by atoms with E-state index >= 15 is 0 Å². The molecule has 5 rings (SSSR count). The lowest BCUT2D eigenvalue weighted by atomic mass is 10.1. The first-order valence-corrected chi connectivity index (χ1v) is 13.9. The van der Waals surface area contributed by atoms with Gasteiger partial charge in [-0.15, -0.1) is 0 Å². The quantitative estimate of drug-likeness (QED) is 0.333. The molecule has 0 saturated heterocycles. The highest BCUT2D eigenvalue weighted by Crippen LogP contribution is 2.35. The number of hydrogen-bond acceptors (Lipinski definition) is 7. The standard InChI is InChI=1S/C24H23N5O5S2/c1-16-6-8-19(9-7-16)36(33,34)29-22(13-21-23-18(14-25-24(21)29)15-26-28(23)2)17-4-3-5-20(12-17)35(31,32)27-10-11-30/h3-9,12-15,27,30H,10-11H2,1-2H3. The van der Waals surface area contributed by atoms with E-state index in [9.17, 15) is 16.8 Å². The molecule has 10 nitrogen and oxygen atoms in total. The number of rotatable bonds is 7. The van der Waals surface area contributed by atoms with E-state index in [4.69, 9.17) is 5.11 Å². The molecule has 2 aromatic carbocycles. The highest BCUT2D eigenvalue weighted by Gasteiger charge is 2.27. The summed E-state index contributed by atoms with van der Waals surface area (Å²) in [4.78, 5) is 4.48. The molecule has 5 aromatic rings. The van der Waals surface area contributed by atoms with Crippen LogP contribution < -0.4 is 4.72 Å². The van der Waals surface area contributed by atoms with Gasteiger partial charge in [-0.1, -0.05) is 29.8 Å². The number of aryl methyl sites for hydroxylation is 2. The molecule has 36 heavy (non-hydrogen) atoms. The van der Waals surface area contributed by atoms with Crippen LogP contribution in [0.5, 0.6) is 0 Å². The van der Waals surface area contributed by atoms with Crippen LogP contribution in [-0.4, -0.2) is 53.8 Å². The molecule has 0 fully saturated rings. The van der Waals surface area contributed by atoms with Gasteiger partial charge in [-0.05, 0) is 37.3 Å². The van der Waals surface area contributed by atoms with Gasteiger partial charge in [0.25, 0.3) is 10.0 Å². The Kier molecular flexibility index (Phi) is 5.91. The fraction of sp³-hybridized carbons (Fsp3) is 0.167. The van der Waals surface area contributed by atoms with Crippen LogP contribution in [0.25, 0.3) is 33.2 Å². The van der Waals surface area contributed by atoms with E-state index in [2.05, 4.69) is 14.8 Å². The Labute approximate surface area is 207 Å². The predicted octanol–water partition coefficient (Wildman–Crippen LogP) is 2.41. The van der Waals surface area contributed by atoms with E-state index in [-0.39, 0.29) is 34.3 Å². The molecule has 0 aliphatic carbocycles. The van der Waals surface area contributed by atoms with Gasteiger partial charge in [0.1, 0.15) is 0 Å². The Morgan fingerprint density at radius 3 is 2.44 bits per heavy atom.